The topological polar surface area (TPSA) is 55.8 Å². The van der Waals surface area contributed by atoms with Gasteiger partial charge in [-0.2, -0.15) is 0 Å². The molecule has 1 fully saturated rings. The van der Waals surface area contributed by atoms with Crippen molar-refractivity contribution in [3.05, 3.63) is 12.2 Å². The van der Waals surface area contributed by atoms with Gasteiger partial charge in [0, 0.05) is 13.1 Å². The largest absolute Gasteiger partial charge is 0.471 e. The Morgan fingerprint density at radius 3 is 2.29 bits per heavy atom. The van der Waals surface area contributed by atoms with Crippen LogP contribution in [-0.2, 0) is 14.3 Å². The number of methoxy groups -OCH3 is 1. The number of carbonyl (C=O) groups excluding carboxylic acids is 2. The molecule has 0 saturated carbocycles. The molecule has 0 aliphatic carbocycles. The summed E-state index contributed by atoms with van der Waals surface area (Å²) in [6, 6.07) is 0. The highest BCUT2D eigenvalue weighted by atomic mass is 16.6. The number of nitrogens with zero attached hydrogens (tertiary/aromatic N) is 1. The lowest BCUT2D eigenvalue weighted by atomic mass is 10.2. The zero-order valence-corrected chi connectivity index (χ0v) is 11.0. The summed E-state index contributed by atoms with van der Waals surface area (Å²) in [7, 11) is 1.31. The molecule has 0 radical (unpaired) electrons. The second-order valence-corrected chi connectivity index (χ2v) is 4.73. The number of rotatable bonds is 1. The van der Waals surface area contributed by atoms with Crippen LogP contribution in [0.15, 0.2) is 12.2 Å². The van der Waals surface area contributed by atoms with Crippen molar-refractivity contribution >= 4 is 12.6 Å². The van der Waals surface area contributed by atoms with Crippen LogP contribution >= 0.6 is 0 Å². The maximum Gasteiger partial charge on any atom is 0.410 e. The predicted molar refractivity (Wildman–Crippen MR) is 64.6 cm³/mol. The summed E-state index contributed by atoms with van der Waals surface area (Å²) in [6.07, 6.45) is 0.672. The number of hydrogen-bond donors (Lipinski definition) is 0. The number of amides is 1. The molecule has 1 aliphatic rings. The van der Waals surface area contributed by atoms with Crippen LogP contribution in [-0.4, -0.2) is 43.3 Å². The Labute approximate surface area is 102 Å². The van der Waals surface area contributed by atoms with Crippen LogP contribution in [0.25, 0.3) is 0 Å². The summed E-state index contributed by atoms with van der Waals surface area (Å²) >= 11 is 0. The fourth-order valence-corrected chi connectivity index (χ4v) is 1.20. The smallest absolute Gasteiger partial charge is 0.410 e. The minimum absolute atomic E-state index is 0.230. The second-order valence-electron chi connectivity index (χ2n) is 4.73. The Kier molecular flexibility index (Phi) is 6.31. The van der Waals surface area contributed by atoms with Crippen LogP contribution in [0, 0.1) is 0 Å². The van der Waals surface area contributed by atoms with E-state index in [-0.39, 0.29) is 6.09 Å². The van der Waals surface area contributed by atoms with E-state index in [4.69, 9.17) is 9.53 Å². The Balaban J connectivity index is 0.000000557. The normalized spacial score (nSPS) is 14.8. The van der Waals surface area contributed by atoms with Crippen molar-refractivity contribution in [2.24, 2.45) is 0 Å². The fraction of sp³-hybridized carbons (Fsp3) is 0.667. The Morgan fingerprint density at radius 2 is 2.00 bits per heavy atom. The molecule has 0 aromatic carbocycles. The van der Waals surface area contributed by atoms with Crippen LogP contribution in [0.5, 0.6) is 0 Å². The van der Waals surface area contributed by atoms with Gasteiger partial charge in [0.1, 0.15) is 5.60 Å². The molecule has 1 aliphatic heterocycles. The number of ether oxygens (including phenoxy) is 2. The highest BCUT2D eigenvalue weighted by Crippen LogP contribution is 2.16. The van der Waals surface area contributed by atoms with Gasteiger partial charge in [0.2, 0.25) is 0 Å². The molecule has 0 N–H and O–H groups in total. The number of likely N-dealkylation sites (tertiary alicyclic amines) is 1. The standard InChI is InChI=1S/C10H17NO2.C2H4O2/c1-8-5-6-11(7-8)9(12)13-10(2,3)4;1-4-2-3/h1,5-7H2,2-4H3;2H,1H3. The molecule has 98 valence electrons. The Bertz CT molecular complexity index is 281. The molecule has 5 heteroatoms. The molecule has 1 rings (SSSR count). The van der Waals surface area contributed by atoms with Crippen molar-refractivity contribution < 1.29 is 19.1 Å². The van der Waals surface area contributed by atoms with E-state index in [9.17, 15) is 4.79 Å². The molecule has 0 unspecified atom stereocenters. The highest BCUT2D eigenvalue weighted by molar-refractivity contribution is 5.69. The molecule has 1 heterocycles. The summed E-state index contributed by atoms with van der Waals surface area (Å²) in [5.41, 5.74) is 0.701. The van der Waals surface area contributed by atoms with E-state index >= 15 is 0 Å². The number of carbonyl (C=O) groups is 2. The first-order chi connectivity index (χ1) is 7.80. The quantitative estimate of drug-likeness (QED) is 0.522. The maximum atomic E-state index is 11.5. The molecule has 0 bridgehead atoms. The minimum Gasteiger partial charge on any atom is -0.471 e. The first kappa shape index (κ1) is 15.5. The summed E-state index contributed by atoms with van der Waals surface area (Å²) in [5.74, 6) is 0. The van der Waals surface area contributed by atoms with Crippen molar-refractivity contribution in [3.63, 3.8) is 0 Å². The first-order valence-corrected chi connectivity index (χ1v) is 5.41. The van der Waals surface area contributed by atoms with E-state index in [0.29, 0.717) is 13.0 Å². The second kappa shape index (κ2) is 6.93. The summed E-state index contributed by atoms with van der Waals surface area (Å²) in [6.45, 7) is 11.2. The van der Waals surface area contributed by atoms with E-state index < -0.39 is 5.60 Å². The van der Waals surface area contributed by atoms with E-state index in [2.05, 4.69) is 11.3 Å². The van der Waals surface area contributed by atoms with Crippen LogP contribution in [0.2, 0.25) is 0 Å². The number of hydrogen-bond acceptors (Lipinski definition) is 4. The molecular formula is C12H21NO4. The lowest BCUT2D eigenvalue weighted by Crippen LogP contribution is -2.34. The van der Waals surface area contributed by atoms with Gasteiger partial charge in [-0.1, -0.05) is 12.2 Å². The van der Waals surface area contributed by atoms with E-state index in [1.54, 1.807) is 4.90 Å². The van der Waals surface area contributed by atoms with Crippen molar-refractivity contribution in [2.75, 3.05) is 20.2 Å². The SMILES string of the molecule is C=C1CCN(C(=O)OC(C)(C)C)C1.COC=O. The van der Waals surface area contributed by atoms with Crippen LogP contribution < -0.4 is 0 Å². The van der Waals surface area contributed by atoms with Gasteiger partial charge in [0.25, 0.3) is 6.47 Å². The van der Waals surface area contributed by atoms with Gasteiger partial charge in [-0.05, 0) is 27.2 Å². The first-order valence-electron chi connectivity index (χ1n) is 5.41. The van der Waals surface area contributed by atoms with Gasteiger partial charge < -0.3 is 14.4 Å². The van der Waals surface area contributed by atoms with Gasteiger partial charge in [-0.25, -0.2) is 4.79 Å². The third-order valence-electron chi connectivity index (χ3n) is 1.90. The molecule has 0 atom stereocenters. The van der Waals surface area contributed by atoms with Gasteiger partial charge in [0.15, 0.2) is 0 Å². The summed E-state index contributed by atoms with van der Waals surface area (Å²) in [4.78, 5) is 22.1. The lowest BCUT2D eigenvalue weighted by Gasteiger charge is -2.23. The molecule has 1 saturated heterocycles. The van der Waals surface area contributed by atoms with Crippen molar-refractivity contribution in [2.45, 2.75) is 32.8 Å². The Hall–Kier alpha value is -1.52. The lowest BCUT2D eigenvalue weighted by molar-refractivity contribution is -0.126. The third-order valence-corrected chi connectivity index (χ3v) is 1.90. The summed E-state index contributed by atoms with van der Waals surface area (Å²) < 4.78 is 9.08. The van der Waals surface area contributed by atoms with Crippen molar-refractivity contribution in [1.82, 2.24) is 4.90 Å². The van der Waals surface area contributed by atoms with E-state index in [1.807, 2.05) is 20.8 Å². The van der Waals surface area contributed by atoms with Gasteiger partial charge in [-0.15, -0.1) is 0 Å². The molecular weight excluding hydrogens is 222 g/mol. The van der Waals surface area contributed by atoms with Crippen LogP contribution in [0.4, 0.5) is 4.79 Å². The zero-order valence-electron chi connectivity index (χ0n) is 11.0. The molecule has 5 nitrogen and oxygen atoms in total. The van der Waals surface area contributed by atoms with Crippen LogP contribution in [0.3, 0.4) is 0 Å². The van der Waals surface area contributed by atoms with Gasteiger partial charge in [0.05, 0.1) is 7.11 Å². The van der Waals surface area contributed by atoms with E-state index in [0.717, 1.165) is 18.5 Å². The van der Waals surface area contributed by atoms with Gasteiger partial charge in [-0.3, -0.25) is 4.79 Å². The monoisotopic (exact) mass is 243 g/mol. The molecule has 0 aromatic heterocycles. The minimum atomic E-state index is -0.402. The molecule has 0 aromatic rings. The molecule has 17 heavy (non-hydrogen) atoms. The van der Waals surface area contributed by atoms with E-state index in [1.165, 1.54) is 7.11 Å². The van der Waals surface area contributed by atoms with Crippen LogP contribution in [0.1, 0.15) is 27.2 Å². The maximum absolute atomic E-state index is 11.5. The van der Waals surface area contributed by atoms with Gasteiger partial charge >= 0.3 is 6.09 Å². The Morgan fingerprint density at radius 1 is 1.47 bits per heavy atom. The van der Waals surface area contributed by atoms with Crippen molar-refractivity contribution in [3.8, 4) is 0 Å². The summed E-state index contributed by atoms with van der Waals surface area (Å²) in [5, 5.41) is 0. The molecule has 0 spiro atoms. The fourth-order valence-electron chi connectivity index (χ4n) is 1.20. The average Bonchev–Trinajstić information content (AvgIpc) is 2.63. The highest BCUT2D eigenvalue weighted by Gasteiger charge is 2.25. The predicted octanol–water partition coefficient (Wildman–Crippen LogP) is 1.97. The average molecular weight is 243 g/mol. The third kappa shape index (κ3) is 7.38. The zero-order chi connectivity index (χ0) is 13.5. The molecule has 1 amide bonds. The van der Waals surface area contributed by atoms with Crippen molar-refractivity contribution in [1.29, 1.82) is 0 Å².